The zero-order chi connectivity index (χ0) is 13.5. The van der Waals surface area contributed by atoms with Crippen LogP contribution >= 0.6 is 0 Å². The molecule has 2 heterocycles. The molecule has 1 saturated heterocycles. The van der Waals surface area contributed by atoms with Crippen LogP contribution in [0.4, 0.5) is 0 Å². The Morgan fingerprint density at radius 3 is 3.11 bits per heavy atom. The molecule has 4 nitrogen and oxygen atoms in total. The van der Waals surface area contributed by atoms with Crippen molar-refractivity contribution in [3.63, 3.8) is 0 Å². The number of aryl methyl sites for hydroxylation is 1. The minimum Gasteiger partial charge on any atom is -0.469 e. The average Bonchev–Trinajstić information content (AvgIpc) is 3.04. The maximum atomic E-state index is 12.2. The minimum atomic E-state index is -0.222. The molecule has 0 radical (unpaired) electrons. The molecule has 0 N–H and O–H groups in total. The average molecular weight is 262 g/mol. The van der Waals surface area contributed by atoms with Gasteiger partial charge >= 0.3 is 5.97 Å². The number of aromatic nitrogens is 1. The Balaban J connectivity index is 1.75. The molecule has 0 spiro atoms. The lowest BCUT2D eigenvalue weighted by Gasteiger charge is -2.25. The predicted molar refractivity (Wildman–Crippen MR) is 72.5 cm³/mol. The van der Waals surface area contributed by atoms with E-state index >= 15 is 0 Å². The zero-order valence-corrected chi connectivity index (χ0v) is 11.8. The number of hydrogen-bond donors (Lipinski definition) is 0. The molecule has 0 aromatic carbocycles. The molecular formula is C15H22N2O2. The van der Waals surface area contributed by atoms with Gasteiger partial charge in [-0.15, -0.1) is 0 Å². The third kappa shape index (κ3) is 1.98. The molecule has 3 rings (SSSR count). The van der Waals surface area contributed by atoms with Gasteiger partial charge in [-0.1, -0.05) is 6.42 Å². The molecule has 1 aromatic heterocycles. The van der Waals surface area contributed by atoms with Gasteiger partial charge in [-0.05, 0) is 30.9 Å². The Hall–Kier alpha value is -1.29. The molecule has 104 valence electrons. The minimum absolute atomic E-state index is 0.00406. The second kappa shape index (κ2) is 4.67. The first kappa shape index (κ1) is 12.7. The summed E-state index contributed by atoms with van der Waals surface area (Å²) in [4.78, 5) is 14.6. The van der Waals surface area contributed by atoms with Crippen molar-refractivity contribution in [1.29, 1.82) is 0 Å². The summed E-state index contributed by atoms with van der Waals surface area (Å²) in [6, 6.07) is 4.22. The SMILES string of the molecule is COC(=O)C12CCCC1CN(Cc1cccn1C)C2. The van der Waals surface area contributed by atoms with Crippen molar-refractivity contribution in [1.82, 2.24) is 9.47 Å². The molecule has 2 fully saturated rings. The van der Waals surface area contributed by atoms with E-state index in [9.17, 15) is 4.79 Å². The molecule has 2 atom stereocenters. The molecule has 2 aliphatic rings. The summed E-state index contributed by atoms with van der Waals surface area (Å²) in [6.07, 6.45) is 5.40. The molecule has 1 aliphatic carbocycles. The third-order valence-corrected chi connectivity index (χ3v) is 4.97. The number of fused-ring (bicyclic) bond motifs is 1. The van der Waals surface area contributed by atoms with Crippen molar-refractivity contribution in [2.75, 3.05) is 20.2 Å². The normalized spacial score (nSPS) is 30.5. The highest BCUT2D eigenvalue weighted by atomic mass is 16.5. The Labute approximate surface area is 114 Å². The lowest BCUT2D eigenvalue weighted by Crippen LogP contribution is -2.36. The fourth-order valence-corrected chi connectivity index (χ4v) is 3.94. The van der Waals surface area contributed by atoms with E-state index in [4.69, 9.17) is 4.74 Å². The zero-order valence-electron chi connectivity index (χ0n) is 11.8. The van der Waals surface area contributed by atoms with E-state index in [-0.39, 0.29) is 11.4 Å². The number of carbonyl (C=O) groups is 1. The summed E-state index contributed by atoms with van der Waals surface area (Å²) < 4.78 is 7.23. The second-order valence-electron chi connectivity index (χ2n) is 6.02. The standard InChI is InChI=1S/C15H22N2O2/c1-16-8-4-6-13(16)10-17-9-12-5-3-7-15(12,11-17)14(18)19-2/h4,6,8,12H,3,5,7,9-11H2,1-2H3. The largest absolute Gasteiger partial charge is 0.469 e. The van der Waals surface area contributed by atoms with Crippen LogP contribution in [0.15, 0.2) is 18.3 Å². The van der Waals surface area contributed by atoms with E-state index in [2.05, 4.69) is 34.8 Å². The maximum Gasteiger partial charge on any atom is 0.313 e. The fraction of sp³-hybridized carbons (Fsp3) is 0.667. The molecule has 2 unspecified atom stereocenters. The molecule has 1 saturated carbocycles. The van der Waals surface area contributed by atoms with Crippen LogP contribution in [0, 0.1) is 11.3 Å². The van der Waals surface area contributed by atoms with E-state index < -0.39 is 0 Å². The van der Waals surface area contributed by atoms with Crippen molar-refractivity contribution in [2.24, 2.45) is 18.4 Å². The summed E-state index contributed by atoms with van der Waals surface area (Å²) in [7, 11) is 3.59. The van der Waals surface area contributed by atoms with Gasteiger partial charge in [0.1, 0.15) is 0 Å². The monoisotopic (exact) mass is 262 g/mol. The lowest BCUT2D eigenvalue weighted by atomic mass is 9.81. The highest BCUT2D eigenvalue weighted by Crippen LogP contribution is 2.49. The van der Waals surface area contributed by atoms with Crippen molar-refractivity contribution in [2.45, 2.75) is 25.8 Å². The number of likely N-dealkylation sites (tertiary alicyclic amines) is 1. The molecule has 1 aliphatic heterocycles. The van der Waals surface area contributed by atoms with E-state index in [1.54, 1.807) is 0 Å². The number of esters is 1. The molecule has 0 amide bonds. The number of carbonyl (C=O) groups excluding carboxylic acids is 1. The summed E-state index contributed by atoms with van der Waals surface area (Å²) >= 11 is 0. The van der Waals surface area contributed by atoms with Crippen LogP contribution in [0.5, 0.6) is 0 Å². The van der Waals surface area contributed by atoms with Gasteiger partial charge in [-0.3, -0.25) is 9.69 Å². The first-order chi connectivity index (χ1) is 9.15. The Morgan fingerprint density at radius 1 is 1.58 bits per heavy atom. The molecular weight excluding hydrogens is 240 g/mol. The fourth-order valence-electron chi connectivity index (χ4n) is 3.94. The van der Waals surface area contributed by atoms with Crippen LogP contribution in [0.1, 0.15) is 25.0 Å². The van der Waals surface area contributed by atoms with Gasteiger partial charge < -0.3 is 9.30 Å². The molecule has 4 heteroatoms. The Morgan fingerprint density at radius 2 is 2.42 bits per heavy atom. The van der Waals surface area contributed by atoms with Gasteiger partial charge in [0, 0.05) is 38.6 Å². The van der Waals surface area contributed by atoms with Crippen LogP contribution < -0.4 is 0 Å². The second-order valence-corrected chi connectivity index (χ2v) is 6.02. The Kier molecular flexibility index (Phi) is 3.13. The number of ether oxygens (including phenoxy) is 1. The maximum absolute atomic E-state index is 12.2. The van der Waals surface area contributed by atoms with Gasteiger partial charge in [0.2, 0.25) is 0 Å². The van der Waals surface area contributed by atoms with Gasteiger partial charge in [0.25, 0.3) is 0 Å². The quantitative estimate of drug-likeness (QED) is 0.779. The summed E-state index contributed by atoms with van der Waals surface area (Å²) in [5, 5.41) is 0. The summed E-state index contributed by atoms with van der Waals surface area (Å²) in [5.74, 6) is 0.490. The lowest BCUT2D eigenvalue weighted by molar-refractivity contribution is -0.153. The first-order valence-electron chi connectivity index (χ1n) is 7.07. The van der Waals surface area contributed by atoms with E-state index in [1.807, 2.05) is 0 Å². The van der Waals surface area contributed by atoms with Crippen molar-refractivity contribution in [3.05, 3.63) is 24.0 Å². The number of methoxy groups -OCH3 is 1. The van der Waals surface area contributed by atoms with Crippen molar-refractivity contribution >= 4 is 5.97 Å². The van der Waals surface area contributed by atoms with Crippen LogP contribution in [0.3, 0.4) is 0 Å². The van der Waals surface area contributed by atoms with Crippen molar-refractivity contribution < 1.29 is 9.53 Å². The van der Waals surface area contributed by atoms with Crippen LogP contribution in [0.25, 0.3) is 0 Å². The topological polar surface area (TPSA) is 34.5 Å². The number of hydrogen-bond acceptors (Lipinski definition) is 3. The smallest absolute Gasteiger partial charge is 0.313 e. The third-order valence-electron chi connectivity index (χ3n) is 4.97. The van der Waals surface area contributed by atoms with Crippen LogP contribution in [-0.2, 0) is 23.1 Å². The van der Waals surface area contributed by atoms with Crippen LogP contribution in [-0.4, -0.2) is 35.6 Å². The molecule has 19 heavy (non-hydrogen) atoms. The van der Waals surface area contributed by atoms with Crippen LogP contribution in [0.2, 0.25) is 0 Å². The highest BCUT2D eigenvalue weighted by molar-refractivity contribution is 5.78. The van der Waals surface area contributed by atoms with Gasteiger partial charge in [-0.25, -0.2) is 0 Å². The van der Waals surface area contributed by atoms with Gasteiger partial charge in [0.15, 0.2) is 0 Å². The highest BCUT2D eigenvalue weighted by Gasteiger charge is 2.55. The van der Waals surface area contributed by atoms with E-state index in [0.29, 0.717) is 5.92 Å². The number of rotatable bonds is 3. The Bertz CT molecular complexity index is 482. The molecule has 0 bridgehead atoms. The first-order valence-corrected chi connectivity index (χ1v) is 7.07. The van der Waals surface area contributed by atoms with E-state index in [1.165, 1.54) is 19.2 Å². The summed E-state index contributed by atoms with van der Waals surface area (Å²) in [6.45, 7) is 2.81. The van der Waals surface area contributed by atoms with E-state index in [0.717, 1.165) is 32.5 Å². The van der Waals surface area contributed by atoms with Gasteiger partial charge in [-0.2, -0.15) is 0 Å². The number of nitrogens with zero attached hydrogens (tertiary/aromatic N) is 2. The molecule has 1 aromatic rings. The summed E-state index contributed by atoms with van der Waals surface area (Å²) in [5.41, 5.74) is 1.08. The predicted octanol–water partition coefficient (Wildman–Crippen LogP) is 1.80. The van der Waals surface area contributed by atoms with Crippen molar-refractivity contribution in [3.8, 4) is 0 Å². The van der Waals surface area contributed by atoms with Gasteiger partial charge in [0.05, 0.1) is 12.5 Å².